The van der Waals surface area contributed by atoms with Gasteiger partial charge in [-0.3, -0.25) is 0 Å². The number of hydrogen-bond acceptors (Lipinski definition) is 4. The molecule has 106 valence electrons. The highest BCUT2D eigenvalue weighted by molar-refractivity contribution is 6.30. The predicted molar refractivity (Wildman–Crippen MR) is 80.4 cm³/mol. The zero-order valence-corrected chi connectivity index (χ0v) is 12.6. The molecule has 1 heterocycles. The number of hydrogen-bond donors (Lipinski definition) is 1. The van der Waals surface area contributed by atoms with Gasteiger partial charge in [0.15, 0.2) is 5.75 Å². The number of ether oxygens (including phenoxy) is 1. The van der Waals surface area contributed by atoms with Crippen molar-refractivity contribution in [3.8, 4) is 11.5 Å². The standard InChI is InChI=1S/C15H18ClN3O/c1-10(2)15-18-9-14(13(19-15)8-17-3)20-12-6-4-5-11(16)7-12/h4-7,9-10,17H,8H2,1-3H3. The highest BCUT2D eigenvalue weighted by Gasteiger charge is 2.11. The third-order valence-electron chi connectivity index (χ3n) is 2.73. The van der Waals surface area contributed by atoms with Crippen molar-refractivity contribution in [2.24, 2.45) is 0 Å². The van der Waals surface area contributed by atoms with Gasteiger partial charge in [0.2, 0.25) is 0 Å². The summed E-state index contributed by atoms with van der Waals surface area (Å²) in [7, 11) is 1.88. The molecule has 0 aliphatic rings. The molecule has 1 aromatic carbocycles. The second-order valence-electron chi connectivity index (χ2n) is 4.78. The molecule has 0 amide bonds. The van der Waals surface area contributed by atoms with E-state index in [4.69, 9.17) is 16.3 Å². The van der Waals surface area contributed by atoms with Crippen LogP contribution in [0.1, 0.15) is 31.3 Å². The lowest BCUT2D eigenvalue weighted by molar-refractivity contribution is 0.464. The first-order valence-corrected chi connectivity index (χ1v) is 6.91. The number of aromatic nitrogens is 2. The van der Waals surface area contributed by atoms with E-state index < -0.39 is 0 Å². The van der Waals surface area contributed by atoms with Crippen molar-refractivity contribution in [1.29, 1.82) is 0 Å². The van der Waals surface area contributed by atoms with Crippen LogP contribution in [0.3, 0.4) is 0 Å². The van der Waals surface area contributed by atoms with E-state index in [-0.39, 0.29) is 5.92 Å². The summed E-state index contributed by atoms with van der Waals surface area (Å²) in [6.07, 6.45) is 1.72. The van der Waals surface area contributed by atoms with Crippen LogP contribution in [-0.2, 0) is 6.54 Å². The highest BCUT2D eigenvalue weighted by atomic mass is 35.5. The van der Waals surface area contributed by atoms with Crippen LogP contribution in [0.4, 0.5) is 0 Å². The summed E-state index contributed by atoms with van der Waals surface area (Å²) >= 11 is 5.96. The van der Waals surface area contributed by atoms with Crippen LogP contribution in [0.25, 0.3) is 0 Å². The molecule has 0 aliphatic heterocycles. The Labute approximate surface area is 124 Å². The van der Waals surface area contributed by atoms with Crippen LogP contribution in [0, 0.1) is 0 Å². The SMILES string of the molecule is CNCc1nc(C(C)C)ncc1Oc1cccc(Cl)c1. The molecule has 0 spiro atoms. The molecule has 5 heteroatoms. The largest absolute Gasteiger partial charge is 0.454 e. The van der Waals surface area contributed by atoms with Crippen LogP contribution in [0.15, 0.2) is 30.5 Å². The fourth-order valence-corrected chi connectivity index (χ4v) is 1.92. The number of rotatable bonds is 5. The molecule has 0 aliphatic carbocycles. The molecule has 1 N–H and O–H groups in total. The van der Waals surface area contributed by atoms with Gasteiger partial charge >= 0.3 is 0 Å². The third kappa shape index (κ3) is 3.68. The first kappa shape index (κ1) is 14.8. The van der Waals surface area contributed by atoms with Crippen molar-refractivity contribution < 1.29 is 4.74 Å². The third-order valence-corrected chi connectivity index (χ3v) is 2.97. The Morgan fingerprint density at radius 3 is 2.80 bits per heavy atom. The van der Waals surface area contributed by atoms with Gasteiger partial charge in [-0.2, -0.15) is 0 Å². The van der Waals surface area contributed by atoms with Gasteiger partial charge in [0.25, 0.3) is 0 Å². The second-order valence-corrected chi connectivity index (χ2v) is 5.22. The van der Waals surface area contributed by atoms with Gasteiger partial charge in [0.05, 0.1) is 6.20 Å². The van der Waals surface area contributed by atoms with E-state index in [1.807, 2.05) is 19.2 Å². The minimum atomic E-state index is 0.283. The Morgan fingerprint density at radius 2 is 2.15 bits per heavy atom. The molecule has 20 heavy (non-hydrogen) atoms. The van der Waals surface area contributed by atoms with Crippen molar-refractivity contribution in [2.75, 3.05) is 7.05 Å². The molecule has 0 radical (unpaired) electrons. The van der Waals surface area contributed by atoms with Gasteiger partial charge in [0, 0.05) is 17.5 Å². The molecular weight excluding hydrogens is 274 g/mol. The Bertz CT molecular complexity index is 587. The number of halogens is 1. The van der Waals surface area contributed by atoms with Crippen LogP contribution < -0.4 is 10.1 Å². The summed E-state index contributed by atoms with van der Waals surface area (Å²) in [5, 5.41) is 3.73. The highest BCUT2D eigenvalue weighted by Crippen LogP contribution is 2.26. The monoisotopic (exact) mass is 291 g/mol. The molecule has 0 fully saturated rings. The van der Waals surface area contributed by atoms with E-state index in [9.17, 15) is 0 Å². The first-order valence-electron chi connectivity index (χ1n) is 6.54. The zero-order valence-electron chi connectivity index (χ0n) is 11.9. The molecular formula is C15H18ClN3O. The van der Waals surface area contributed by atoms with Crippen molar-refractivity contribution in [3.63, 3.8) is 0 Å². The van der Waals surface area contributed by atoms with Crippen molar-refractivity contribution in [3.05, 3.63) is 47.0 Å². The van der Waals surface area contributed by atoms with Gasteiger partial charge in [0.1, 0.15) is 17.3 Å². The Balaban J connectivity index is 2.30. The lowest BCUT2D eigenvalue weighted by Crippen LogP contribution is -2.11. The van der Waals surface area contributed by atoms with Gasteiger partial charge in [-0.1, -0.05) is 31.5 Å². The fraction of sp³-hybridized carbons (Fsp3) is 0.333. The fourth-order valence-electron chi connectivity index (χ4n) is 1.74. The van der Waals surface area contributed by atoms with E-state index in [0.29, 0.717) is 23.1 Å². The maximum Gasteiger partial charge on any atom is 0.168 e. The summed E-state index contributed by atoms with van der Waals surface area (Å²) in [5.74, 6) is 2.42. The Morgan fingerprint density at radius 1 is 1.35 bits per heavy atom. The summed E-state index contributed by atoms with van der Waals surface area (Å²) in [4.78, 5) is 8.89. The minimum absolute atomic E-state index is 0.283. The number of nitrogens with one attached hydrogen (secondary N) is 1. The molecule has 2 rings (SSSR count). The lowest BCUT2D eigenvalue weighted by Gasteiger charge is -2.12. The first-order chi connectivity index (χ1) is 9.60. The zero-order chi connectivity index (χ0) is 14.5. The van der Waals surface area contributed by atoms with Crippen LogP contribution in [0.2, 0.25) is 5.02 Å². The molecule has 4 nitrogen and oxygen atoms in total. The van der Waals surface area contributed by atoms with Gasteiger partial charge in [-0.15, -0.1) is 0 Å². The number of benzene rings is 1. The van der Waals surface area contributed by atoms with Crippen LogP contribution in [0.5, 0.6) is 11.5 Å². The predicted octanol–water partition coefficient (Wildman–Crippen LogP) is 3.77. The van der Waals surface area contributed by atoms with Crippen LogP contribution >= 0.6 is 11.6 Å². The molecule has 0 atom stereocenters. The van der Waals surface area contributed by atoms with Crippen molar-refractivity contribution in [1.82, 2.24) is 15.3 Å². The summed E-state index contributed by atoms with van der Waals surface area (Å²) in [6.45, 7) is 4.75. The maximum atomic E-state index is 5.96. The van der Waals surface area contributed by atoms with Gasteiger partial charge < -0.3 is 10.1 Å². The summed E-state index contributed by atoms with van der Waals surface area (Å²) in [5.41, 5.74) is 0.839. The molecule has 0 saturated heterocycles. The molecule has 2 aromatic rings. The summed E-state index contributed by atoms with van der Waals surface area (Å²) in [6, 6.07) is 7.27. The minimum Gasteiger partial charge on any atom is -0.454 e. The summed E-state index contributed by atoms with van der Waals surface area (Å²) < 4.78 is 5.83. The normalized spacial score (nSPS) is 10.8. The van der Waals surface area contributed by atoms with Gasteiger partial charge in [-0.05, 0) is 25.2 Å². The Hall–Kier alpha value is -1.65. The topological polar surface area (TPSA) is 47.0 Å². The molecule has 0 unspecified atom stereocenters. The van der Waals surface area contributed by atoms with Crippen molar-refractivity contribution in [2.45, 2.75) is 26.3 Å². The average molecular weight is 292 g/mol. The Kier molecular flexibility index (Phi) is 4.93. The lowest BCUT2D eigenvalue weighted by atomic mass is 10.2. The van der Waals surface area contributed by atoms with Crippen molar-refractivity contribution >= 4 is 11.6 Å². The molecule has 0 bridgehead atoms. The van der Waals surface area contributed by atoms with E-state index in [0.717, 1.165) is 11.5 Å². The number of nitrogens with zero attached hydrogens (tertiary/aromatic N) is 2. The van der Waals surface area contributed by atoms with Crippen LogP contribution in [-0.4, -0.2) is 17.0 Å². The van der Waals surface area contributed by atoms with Gasteiger partial charge in [-0.25, -0.2) is 9.97 Å². The molecule has 1 aromatic heterocycles. The van der Waals surface area contributed by atoms with E-state index in [1.54, 1.807) is 18.3 Å². The quantitative estimate of drug-likeness (QED) is 0.911. The smallest absolute Gasteiger partial charge is 0.168 e. The molecule has 0 saturated carbocycles. The maximum absolute atomic E-state index is 5.96. The van der Waals surface area contributed by atoms with E-state index in [2.05, 4.69) is 29.1 Å². The van der Waals surface area contributed by atoms with E-state index in [1.165, 1.54) is 0 Å². The van der Waals surface area contributed by atoms with E-state index >= 15 is 0 Å². The second kappa shape index (κ2) is 6.68. The average Bonchev–Trinajstić information content (AvgIpc) is 2.41.